The van der Waals surface area contributed by atoms with Gasteiger partial charge in [-0.2, -0.15) is 0 Å². The quantitative estimate of drug-likeness (QED) is 0.589. The van der Waals surface area contributed by atoms with Crippen molar-refractivity contribution in [3.63, 3.8) is 0 Å². The van der Waals surface area contributed by atoms with Crippen molar-refractivity contribution in [1.82, 2.24) is 20.2 Å². The van der Waals surface area contributed by atoms with Crippen molar-refractivity contribution in [1.29, 1.82) is 0 Å². The van der Waals surface area contributed by atoms with Crippen LogP contribution in [0.15, 0.2) is 85.2 Å². The van der Waals surface area contributed by atoms with Crippen LogP contribution in [-0.2, 0) is 0 Å². The third-order valence-electron chi connectivity index (χ3n) is 3.79. The summed E-state index contributed by atoms with van der Waals surface area (Å²) in [6, 6.07) is 23.7. The lowest BCUT2D eigenvalue weighted by Crippen LogP contribution is -2.12. The number of hydrogen-bond acceptors (Lipinski definition) is 5. The van der Waals surface area contributed by atoms with Crippen LogP contribution in [0.3, 0.4) is 0 Å². The molecule has 132 valence electrons. The molecule has 7 nitrogen and oxygen atoms in total. The molecular formula is C20H15N5O2. The summed E-state index contributed by atoms with van der Waals surface area (Å²) in [6.07, 6.45) is 1.49. The van der Waals surface area contributed by atoms with E-state index in [9.17, 15) is 4.79 Å². The number of tetrazole rings is 1. The number of nitrogens with one attached hydrogen (secondary N) is 1. The molecule has 4 rings (SSSR count). The Bertz CT molecular complexity index is 1050. The lowest BCUT2D eigenvalue weighted by molar-refractivity contribution is 0.102. The molecule has 0 bridgehead atoms. The second-order valence-electron chi connectivity index (χ2n) is 5.70. The minimum absolute atomic E-state index is 0.234. The monoisotopic (exact) mass is 357 g/mol. The van der Waals surface area contributed by atoms with Gasteiger partial charge in [0.2, 0.25) is 0 Å². The van der Waals surface area contributed by atoms with Gasteiger partial charge in [-0.25, -0.2) is 4.68 Å². The lowest BCUT2D eigenvalue weighted by atomic mass is 10.2. The van der Waals surface area contributed by atoms with Crippen LogP contribution in [0, 0.1) is 0 Å². The molecule has 0 atom stereocenters. The Kier molecular flexibility index (Phi) is 4.57. The van der Waals surface area contributed by atoms with Gasteiger partial charge in [-0.15, -0.1) is 5.10 Å². The predicted molar refractivity (Wildman–Crippen MR) is 100 cm³/mol. The highest BCUT2D eigenvalue weighted by Crippen LogP contribution is 2.22. The fraction of sp³-hybridized carbons (Fsp3) is 0. The maximum Gasteiger partial charge on any atom is 0.255 e. The van der Waals surface area contributed by atoms with Crippen LogP contribution in [0.1, 0.15) is 10.4 Å². The molecule has 1 aromatic heterocycles. The van der Waals surface area contributed by atoms with Gasteiger partial charge in [0, 0.05) is 11.3 Å². The molecule has 1 N–H and O–H groups in total. The number of carbonyl (C=O) groups is 1. The van der Waals surface area contributed by atoms with Gasteiger partial charge < -0.3 is 10.1 Å². The number of carbonyl (C=O) groups excluding carboxylic acids is 1. The molecule has 0 aliphatic rings. The number of anilines is 1. The van der Waals surface area contributed by atoms with Crippen LogP contribution in [0.4, 0.5) is 5.69 Å². The van der Waals surface area contributed by atoms with Crippen molar-refractivity contribution in [2.24, 2.45) is 0 Å². The predicted octanol–water partition coefficient (Wildman–Crippen LogP) is 3.71. The Morgan fingerprint density at radius 2 is 1.70 bits per heavy atom. The van der Waals surface area contributed by atoms with Crippen LogP contribution in [0.5, 0.6) is 11.5 Å². The van der Waals surface area contributed by atoms with Gasteiger partial charge >= 0.3 is 0 Å². The van der Waals surface area contributed by atoms with E-state index in [-0.39, 0.29) is 5.91 Å². The van der Waals surface area contributed by atoms with E-state index in [0.29, 0.717) is 22.7 Å². The molecule has 7 heteroatoms. The number of aromatic nitrogens is 4. The zero-order valence-corrected chi connectivity index (χ0v) is 14.2. The Labute approximate surface area is 155 Å². The number of nitrogens with zero attached hydrogens (tertiary/aromatic N) is 4. The third-order valence-corrected chi connectivity index (χ3v) is 3.79. The number of benzene rings is 3. The van der Waals surface area contributed by atoms with Crippen molar-refractivity contribution >= 4 is 11.6 Å². The number of rotatable bonds is 5. The summed E-state index contributed by atoms with van der Waals surface area (Å²) in [5.74, 6) is 1.07. The lowest BCUT2D eigenvalue weighted by Gasteiger charge is -2.09. The molecule has 0 fully saturated rings. The minimum atomic E-state index is -0.234. The smallest absolute Gasteiger partial charge is 0.255 e. The molecule has 0 saturated carbocycles. The highest BCUT2D eigenvalue weighted by atomic mass is 16.5. The van der Waals surface area contributed by atoms with Crippen LogP contribution in [0.2, 0.25) is 0 Å². The average molecular weight is 357 g/mol. The maximum atomic E-state index is 12.6. The minimum Gasteiger partial charge on any atom is -0.457 e. The molecule has 0 aliphatic heterocycles. The van der Waals surface area contributed by atoms with Crippen LogP contribution >= 0.6 is 0 Å². The van der Waals surface area contributed by atoms with Crippen molar-refractivity contribution in [3.05, 3.63) is 90.8 Å². The maximum absolute atomic E-state index is 12.6. The molecule has 0 spiro atoms. The van der Waals surface area contributed by atoms with Gasteiger partial charge in [0.05, 0.1) is 5.69 Å². The first-order valence-electron chi connectivity index (χ1n) is 8.26. The summed E-state index contributed by atoms with van der Waals surface area (Å²) in [6.45, 7) is 0. The van der Waals surface area contributed by atoms with E-state index in [2.05, 4.69) is 20.8 Å². The fourth-order valence-electron chi connectivity index (χ4n) is 2.53. The van der Waals surface area contributed by atoms with Crippen molar-refractivity contribution in [3.8, 4) is 17.2 Å². The molecule has 3 aromatic carbocycles. The molecule has 0 saturated heterocycles. The highest BCUT2D eigenvalue weighted by Gasteiger charge is 2.09. The van der Waals surface area contributed by atoms with E-state index in [4.69, 9.17) is 4.74 Å². The van der Waals surface area contributed by atoms with E-state index in [1.54, 1.807) is 30.3 Å². The van der Waals surface area contributed by atoms with Crippen LogP contribution in [-0.4, -0.2) is 26.1 Å². The topological polar surface area (TPSA) is 81.9 Å². The normalized spacial score (nSPS) is 10.4. The molecule has 1 amide bonds. The molecule has 0 unspecified atom stereocenters. The summed E-state index contributed by atoms with van der Waals surface area (Å²) in [5.41, 5.74) is 1.89. The molecule has 1 heterocycles. The summed E-state index contributed by atoms with van der Waals surface area (Å²) >= 11 is 0. The standard InChI is InChI=1S/C20H15N5O2/c26-20(22-16-7-5-8-17(13-16)25-14-21-23-24-25)15-6-4-11-19(12-15)27-18-9-2-1-3-10-18/h1-14H,(H,22,26). The number of ether oxygens (including phenoxy) is 1. The number of para-hydroxylation sites is 1. The second-order valence-corrected chi connectivity index (χ2v) is 5.70. The first kappa shape index (κ1) is 16.5. The largest absolute Gasteiger partial charge is 0.457 e. The van der Waals surface area contributed by atoms with Gasteiger partial charge in [-0.1, -0.05) is 30.3 Å². The van der Waals surface area contributed by atoms with E-state index in [1.165, 1.54) is 11.0 Å². The zero-order chi connectivity index (χ0) is 18.5. The first-order chi connectivity index (χ1) is 13.3. The highest BCUT2D eigenvalue weighted by molar-refractivity contribution is 6.04. The molecule has 0 aliphatic carbocycles. The van der Waals surface area contributed by atoms with Gasteiger partial charge in [-0.05, 0) is 59.0 Å². The van der Waals surface area contributed by atoms with Gasteiger partial charge in [-0.3, -0.25) is 4.79 Å². The van der Waals surface area contributed by atoms with Crippen LogP contribution in [0.25, 0.3) is 5.69 Å². The summed E-state index contributed by atoms with van der Waals surface area (Å²) in [4.78, 5) is 12.6. The molecular weight excluding hydrogens is 342 g/mol. The Morgan fingerprint density at radius 1 is 0.889 bits per heavy atom. The molecule has 27 heavy (non-hydrogen) atoms. The third kappa shape index (κ3) is 3.98. The van der Waals surface area contributed by atoms with Crippen molar-refractivity contribution in [2.75, 3.05) is 5.32 Å². The van der Waals surface area contributed by atoms with Crippen molar-refractivity contribution in [2.45, 2.75) is 0 Å². The number of hydrogen-bond donors (Lipinski definition) is 1. The average Bonchev–Trinajstić information content (AvgIpc) is 3.24. The van der Waals surface area contributed by atoms with E-state index in [0.717, 1.165) is 5.69 Å². The second kappa shape index (κ2) is 7.49. The van der Waals surface area contributed by atoms with Crippen molar-refractivity contribution < 1.29 is 9.53 Å². The summed E-state index contributed by atoms with van der Waals surface area (Å²) in [5, 5.41) is 13.9. The Morgan fingerprint density at radius 3 is 2.52 bits per heavy atom. The van der Waals surface area contributed by atoms with Crippen LogP contribution < -0.4 is 10.1 Å². The van der Waals surface area contributed by atoms with E-state index < -0.39 is 0 Å². The summed E-state index contributed by atoms with van der Waals surface area (Å²) in [7, 11) is 0. The zero-order valence-electron chi connectivity index (χ0n) is 14.2. The van der Waals surface area contributed by atoms with Gasteiger partial charge in [0.1, 0.15) is 17.8 Å². The Balaban J connectivity index is 1.50. The van der Waals surface area contributed by atoms with E-state index in [1.807, 2.05) is 48.5 Å². The Hall–Kier alpha value is -4.00. The fourth-order valence-corrected chi connectivity index (χ4v) is 2.53. The molecule has 4 aromatic rings. The molecule has 0 radical (unpaired) electrons. The van der Waals surface area contributed by atoms with Gasteiger partial charge in [0.15, 0.2) is 0 Å². The summed E-state index contributed by atoms with van der Waals surface area (Å²) < 4.78 is 7.30. The number of amides is 1. The van der Waals surface area contributed by atoms with Gasteiger partial charge in [0.25, 0.3) is 5.91 Å². The first-order valence-corrected chi connectivity index (χ1v) is 8.26. The SMILES string of the molecule is O=C(Nc1cccc(-n2cnnn2)c1)c1cccc(Oc2ccccc2)c1. The van der Waals surface area contributed by atoms with E-state index >= 15 is 0 Å².